The Labute approximate surface area is 129 Å². The highest BCUT2D eigenvalue weighted by Gasteiger charge is 2.14. The minimum atomic E-state index is -0.128. The molecule has 2 aromatic rings. The molecular weight excluding hydrogens is 288 g/mol. The first-order valence-corrected chi connectivity index (χ1v) is 7.03. The summed E-state index contributed by atoms with van der Waals surface area (Å²) in [5.41, 5.74) is 1.43. The fourth-order valence-corrected chi connectivity index (χ4v) is 2.14. The molecule has 5 nitrogen and oxygen atoms in total. The highest BCUT2D eigenvalue weighted by atomic mass is 35.5. The van der Waals surface area contributed by atoms with E-state index in [0.717, 1.165) is 12.1 Å². The van der Waals surface area contributed by atoms with E-state index in [2.05, 4.69) is 15.3 Å². The van der Waals surface area contributed by atoms with Crippen molar-refractivity contribution >= 4 is 23.3 Å². The Balaban J connectivity index is 2.10. The van der Waals surface area contributed by atoms with E-state index in [4.69, 9.17) is 11.6 Å². The van der Waals surface area contributed by atoms with Crippen molar-refractivity contribution in [3.8, 4) is 0 Å². The largest absolute Gasteiger partial charge is 0.369 e. The van der Waals surface area contributed by atoms with Crippen molar-refractivity contribution < 1.29 is 4.79 Å². The van der Waals surface area contributed by atoms with Gasteiger partial charge in [0.2, 0.25) is 0 Å². The maximum Gasteiger partial charge on any atom is 0.255 e. The maximum absolute atomic E-state index is 12.4. The number of nitrogens with one attached hydrogen (secondary N) is 1. The summed E-state index contributed by atoms with van der Waals surface area (Å²) in [6, 6.07) is 5.40. The van der Waals surface area contributed by atoms with Crippen molar-refractivity contribution in [3.05, 3.63) is 52.9 Å². The molecule has 0 atom stereocenters. The molecule has 110 valence electrons. The molecule has 0 aliphatic heterocycles. The molecule has 0 spiro atoms. The van der Waals surface area contributed by atoms with Gasteiger partial charge in [0.1, 0.15) is 5.82 Å². The smallest absolute Gasteiger partial charge is 0.255 e. The summed E-state index contributed by atoms with van der Waals surface area (Å²) in [5, 5.41) is 3.48. The van der Waals surface area contributed by atoms with Crippen LogP contribution in [0.1, 0.15) is 22.8 Å². The molecule has 2 heterocycles. The van der Waals surface area contributed by atoms with E-state index in [-0.39, 0.29) is 5.91 Å². The number of halogens is 1. The zero-order chi connectivity index (χ0) is 15.2. The molecule has 0 aromatic carbocycles. The predicted molar refractivity (Wildman–Crippen MR) is 83.4 cm³/mol. The van der Waals surface area contributed by atoms with Gasteiger partial charge < -0.3 is 10.2 Å². The standard InChI is InChI=1S/C15H17ClN4O/c1-3-18-14-13(16)7-12(9-19-14)15(21)20(2)10-11-5-4-6-17-8-11/h4-9H,3,10H2,1-2H3,(H,18,19). The third-order valence-electron chi connectivity index (χ3n) is 2.92. The lowest BCUT2D eigenvalue weighted by molar-refractivity contribution is 0.0784. The normalized spacial score (nSPS) is 10.2. The van der Waals surface area contributed by atoms with Crippen LogP contribution in [-0.4, -0.2) is 34.4 Å². The van der Waals surface area contributed by atoms with Gasteiger partial charge in [-0.15, -0.1) is 0 Å². The molecule has 1 N–H and O–H groups in total. The lowest BCUT2D eigenvalue weighted by atomic mass is 10.2. The molecule has 0 aliphatic carbocycles. The van der Waals surface area contributed by atoms with Gasteiger partial charge in [0.05, 0.1) is 10.6 Å². The number of hydrogen-bond donors (Lipinski definition) is 1. The number of amides is 1. The van der Waals surface area contributed by atoms with E-state index < -0.39 is 0 Å². The van der Waals surface area contributed by atoms with Crippen molar-refractivity contribution in [2.45, 2.75) is 13.5 Å². The minimum Gasteiger partial charge on any atom is -0.369 e. The molecule has 0 radical (unpaired) electrons. The highest BCUT2D eigenvalue weighted by Crippen LogP contribution is 2.20. The third-order valence-corrected chi connectivity index (χ3v) is 3.21. The average Bonchev–Trinajstić information content (AvgIpc) is 2.49. The molecule has 0 saturated heterocycles. The van der Waals surface area contributed by atoms with Gasteiger partial charge in [-0.05, 0) is 24.6 Å². The minimum absolute atomic E-state index is 0.128. The van der Waals surface area contributed by atoms with Gasteiger partial charge in [0, 0.05) is 38.7 Å². The van der Waals surface area contributed by atoms with E-state index in [1.807, 2.05) is 19.1 Å². The first kappa shape index (κ1) is 15.3. The van der Waals surface area contributed by atoms with Crippen LogP contribution in [0.15, 0.2) is 36.8 Å². The number of anilines is 1. The Kier molecular flexibility index (Phi) is 5.11. The molecule has 0 aliphatic rings. The number of carbonyl (C=O) groups excluding carboxylic acids is 1. The van der Waals surface area contributed by atoms with E-state index in [1.165, 1.54) is 6.20 Å². The van der Waals surface area contributed by atoms with Crippen LogP contribution in [0.4, 0.5) is 5.82 Å². The van der Waals surface area contributed by atoms with Crippen LogP contribution >= 0.6 is 11.6 Å². The molecule has 21 heavy (non-hydrogen) atoms. The van der Waals surface area contributed by atoms with Crippen molar-refractivity contribution in [2.75, 3.05) is 18.9 Å². The van der Waals surface area contributed by atoms with E-state index in [1.54, 1.807) is 30.4 Å². The first-order chi connectivity index (χ1) is 10.1. The number of hydrogen-bond acceptors (Lipinski definition) is 4. The van der Waals surface area contributed by atoms with Crippen molar-refractivity contribution in [2.24, 2.45) is 0 Å². The van der Waals surface area contributed by atoms with E-state index in [9.17, 15) is 4.79 Å². The molecule has 2 aromatic heterocycles. The molecule has 0 bridgehead atoms. The van der Waals surface area contributed by atoms with Crippen molar-refractivity contribution in [3.63, 3.8) is 0 Å². The quantitative estimate of drug-likeness (QED) is 0.923. The van der Waals surface area contributed by atoms with Crippen LogP contribution in [-0.2, 0) is 6.54 Å². The predicted octanol–water partition coefficient (Wildman–Crippen LogP) is 2.83. The van der Waals surface area contributed by atoms with Crippen LogP contribution in [0, 0.1) is 0 Å². The molecular formula is C15H17ClN4O. The monoisotopic (exact) mass is 304 g/mol. The van der Waals surface area contributed by atoms with Gasteiger partial charge in [0.15, 0.2) is 0 Å². The zero-order valence-corrected chi connectivity index (χ0v) is 12.8. The lowest BCUT2D eigenvalue weighted by Crippen LogP contribution is -2.26. The summed E-state index contributed by atoms with van der Waals surface area (Å²) < 4.78 is 0. The molecule has 1 amide bonds. The Morgan fingerprint density at radius 1 is 1.43 bits per heavy atom. The van der Waals surface area contributed by atoms with Gasteiger partial charge in [-0.2, -0.15) is 0 Å². The maximum atomic E-state index is 12.4. The lowest BCUT2D eigenvalue weighted by Gasteiger charge is -2.17. The second-order valence-electron chi connectivity index (χ2n) is 4.61. The van der Waals surface area contributed by atoms with Crippen LogP contribution in [0.3, 0.4) is 0 Å². The van der Waals surface area contributed by atoms with Gasteiger partial charge in [-0.1, -0.05) is 17.7 Å². The Morgan fingerprint density at radius 2 is 2.24 bits per heavy atom. The Morgan fingerprint density at radius 3 is 2.86 bits per heavy atom. The summed E-state index contributed by atoms with van der Waals surface area (Å²) in [5.74, 6) is 0.460. The number of carbonyl (C=O) groups is 1. The topological polar surface area (TPSA) is 58.1 Å². The van der Waals surface area contributed by atoms with Crippen LogP contribution in [0.2, 0.25) is 5.02 Å². The van der Waals surface area contributed by atoms with Gasteiger partial charge in [0.25, 0.3) is 5.91 Å². The van der Waals surface area contributed by atoms with Crippen LogP contribution < -0.4 is 5.32 Å². The molecule has 2 rings (SSSR count). The van der Waals surface area contributed by atoms with Crippen molar-refractivity contribution in [1.82, 2.24) is 14.9 Å². The second kappa shape index (κ2) is 7.04. The fraction of sp³-hybridized carbons (Fsp3) is 0.267. The number of rotatable bonds is 5. The molecule has 0 saturated carbocycles. The van der Waals surface area contributed by atoms with E-state index in [0.29, 0.717) is 22.9 Å². The fourth-order valence-electron chi connectivity index (χ4n) is 1.91. The molecule has 6 heteroatoms. The molecule has 0 fully saturated rings. The first-order valence-electron chi connectivity index (χ1n) is 6.65. The Hall–Kier alpha value is -2.14. The second-order valence-corrected chi connectivity index (χ2v) is 5.01. The summed E-state index contributed by atoms with van der Waals surface area (Å²) in [4.78, 5) is 22.2. The number of pyridine rings is 2. The summed E-state index contributed by atoms with van der Waals surface area (Å²) >= 11 is 6.11. The van der Waals surface area contributed by atoms with E-state index >= 15 is 0 Å². The summed E-state index contributed by atoms with van der Waals surface area (Å²) in [6.45, 7) is 3.17. The van der Waals surface area contributed by atoms with Crippen LogP contribution in [0.5, 0.6) is 0 Å². The van der Waals surface area contributed by atoms with Gasteiger partial charge in [-0.3, -0.25) is 9.78 Å². The van der Waals surface area contributed by atoms with Gasteiger partial charge in [-0.25, -0.2) is 4.98 Å². The van der Waals surface area contributed by atoms with Crippen molar-refractivity contribution in [1.29, 1.82) is 0 Å². The zero-order valence-electron chi connectivity index (χ0n) is 12.0. The van der Waals surface area contributed by atoms with Gasteiger partial charge >= 0.3 is 0 Å². The Bertz CT molecular complexity index is 618. The average molecular weight is 305 g/mol. The SMILES string of the molecule is CCNc1ncc(C(=O)N(C)Cc2cccnc2)cc1Cl. The summed E-state index contributed by atoms with van der Waals surface area (Å²) in [7, 11) is 1.74. The van der Waals surface area contributed by atoms with Crippen LogP contribution in [0.25, 0.3) is 0 Å². The summed E-state index contributed by atoms with van der Waals surface area (Å²) in [6.07, 6.45) is 4.98. The number of aromatic nitrogens is 2. The molecule has 0 unspecified atom stereocenters. The third kappa shape index (κ3) is 3.92. The number of nitrogens with zero attached hydrogens (tertiary/aromatic N) is 3. The highest BCUT2D eigenvalue weighted by molar-refractivity contribution is 6.33.